The first-order chi connectivity index (χ1) is 9.86. The van der Waals surface area contributed by atoms with Crippen molar-refractivity contribution in [3.63, 3.8) is 0 Å². The number of rotatable bonds is 3. The summed E-state index contributed by atoms with van der Waals surface area (Å²) in [5.41, 5.74) is -0.947. The van der Waals surface area contributed by atoms with Crippen LogP contribution in [0.15, 0.2) is 41.8 Å². The Balaban J connectivity index is 2.11. The second-order valence-electron chi connectivity index (χ2n) is 4.03. The largest absolute Gasteiger partial charge is 0.417 e. The normalized spacial score (nSPS) is 11.8. The van der Waals surface area contributed by atoms with Crippen molar-refractivity contribution in [1.29, 1.82) is 0 Å². The Morgan fingerprint density at radius 1 is 1.29 bits per heavy atom. The van der Waals surface area contributed by atoms with Gasteiger partial charge in [0.2, 0.25) is 5.91 Å². The van der Waals surface area contributed by atoms with Crippen LogP contribution in [0, 0.1) is 0 Å². The van der Waals surface area contributed by atoms with Gasteiger partial charge < -0.3 is 5.32 Å². The van der Waals surface area contributed by atoms with Crippen LogP contribution < -0.4 is 5.32 Å². The third-order valence-corrected chi connectivity index (χ3v) is 3.65. The molecule has 1 aromatic carbocycles. The van der Waals surface area contributed by atoms with Gasteiger partial charge in [-0.05, 0) is 35.7 Å². The van der Waals surface area contributed by atoms with Crippen LogP contribution in [0.1, 0.15) is 10.4 Å². The first-order valence-corrected chi connectivity index (χ1v) is 7.01. The van der Waals surface area contributed by atoms with E-state index in [0.29, 0.717) is 0 Å². The smallest absolute Gasteiger partial charge is 0.322 e. The average Bonchev–Trinajstić information content (AvgIpc) is 2.90. The minimum absolute atomic E-state index is 0.0348. The standard InChI is InChI=1S/C14H9ClF3NOS/c15-12-5-3-9(8-11(12)14(16,17)18)19-13(20)6-4-10-2-1-7-21-10/h1-8H,(H,19,20)/b6-4+. The van der Waals surface area contributed by atoms with Gasteiger partial charge in [-0.25, -0.2) is 0 Å². The monoisotopic (exact) mass is 331 g/mol. The second-order valence-corrected chi connectivity index (χ2v) is 5.42. The minimum atomic E-state index is -4.56. The van der Waals surface area contributed by atoms with Gasteiger partial charge in [-0.3, -0.25) is 4.79 Å². The fourth-order valence-corrected chi connectivity index (χ4v) is 2.39. The van der Waals surface area contributed by atoms with Gasteiger partial charge in [0.25, 0.3) is 0 Å². The highest BCUT2D eigenvalue weighted by Gasteiger charge is 2.33. The van der Waals surface area contributed by atoms with Crippen molar-refractivity contribution >= 4 is 40.6 Å². The number of carbonyl (C=O) groups is 1. The number of carbonyl (C=O) groups excluding carboxylic acids is 1. The molecule has 2 nitrogen and oxygen atoms in total. The van der Waals surface area contributed by atoms with Gasteiger partial charge in [-0.2, -0.15) is 13.2 Å². The summed E-state index contributed by atoms with van der Waals surface area (Å²) >= 11 is 6.95. The van der Waals surface area contributed by atoms with Crippen LogP contribution in [0.4, 0.5) is 18.9 Å². The van der Waals surface area contributed by atoms with E-state index in [2.05, 4.69) is 5.32 Å². The fraction of sp³-hybridized carbons (Fsp3) is 0.0714. The van der Waals surface area contributed by atoms with Crippen molar-refractivity contribution in [2.45, 2.75) is 6.18 Å². The third-order valence-electron chi connectivity index (χ3n) is 2.48. The molecule has 0 aliphatic rings. The van der Waals surface area contributed by atoms with Gasteiger partial charge in [-0.15, -0.1) is 11.3 Å². The topological polar surface area (TPSA) is 29.1 Å². The molecule has 0 bridgehead atoms. The van der Waals surface area contributed by atoms with Crippen molar-refractivity contribution in [3.8, 4) is 0 Å². The van der Waals surface area contributed by atoms with Crippen LogP contribution in [0.5, 0.6) is 0 Å². The number of amides is 1. The van der Waals surface area contributed by atoms with Crippen LogP contribution in [0.3, 0.4) is 0 Å². The highest BCUT2D eigenvalue weighted by atomic mass is 35.5. The first kappa shape index (κ1) is 15.6. The highest BCUT2D eigenvalue weighted by Crippen LogP contribution is 2.36. The second kappa shape index (κ2) is 6.32. The Kier molecular flexibility index (Phi) is 4.69. The summed E-state index contributed by atoms with van der Waals surface area (Å²) in [6, 6.07) is 6.87. The number of benzene rings is 1. The molecule has 110 valence electrons. The van der Waals surface area contributed by atoms with E-state index >= 15 is 0 Å². The lowest BCUT2D eigenvalue weighted by Gasteiger charge is -2.11. The molecule has 0 spiro atoms. The summed E-state index contributed by atoms with van der Waals surface area (Å²) in [4.78, 5) is 12.5. The van der Waals surface area contributed by atoms with Crippen molar-refractivity contribution in [2.24, 2.45) is 0 Å². The van der Waals surface area contributed by atoms with E-state index in [0.717, 1.165) is 17.0 Å². The van der Waals surface area contributed by atoms with Crippen LogP contribution >= 0.6 is 22.9 Å². The third kappa shape index (κ3) is 4.34. The molecule has 1 heterocycles. The average molecular weight is 332 g/mol. The van der Waals surface area contributed by atoms with Crippen molar-refractivity contribution in [1.82, 2.24) is 0 Å². The molecule has 0 saturated carbocycles. The predicted molar refractivity (Wildman–Crippen MR) is 78.4 cm³/mol. The number of nitrogens with one attached hydrogen (secondary N) is 1. The number of halogens is 4. The van der Waals surface area contributed by atoms with Gasteiger partial charge in [0, 0.05) is 16.6 Å². The lowest BCUT2D eigenvalue weighted by Crippen LogP contribution is -2.10. The molecule has 0 aliphatic heterocycles. The molecule has 21 heavy (non-hydrogen) atoms. The van der Waals surface area contributed by atoms with Gasteiger partial charge in [0.15, 0.2) is 0 Å². The van der Waals surface area contributed by atoms with Gasteiger partial charge in [0.05, 0.1) is 10.6 Å². The minimum Gasteiger partial charge on any atom is -0.322 e. The Bertz CT molecular complexity index is 665. The van der Waals surface area contributed by atoms with E-state index in [1.807, 2.05) is 17.5 Å². The van der Waals surface area contributed by atoms with Crippen LogP contribution in [-0.4, -0.2) is 5.91 Å². The van der Waals surface area contributed by atoms with E-state index in [-0.39, 0.29) is 5.69 Å². The van der Waals surface area contributed by atoms with Gasteiger partial charge in [-0.1, -0.05) is 17.7 Å². The van der Waals surface area contributed by atoms with Gasteiger partial charge >= 0.3 is 6.18 Å². The summed E-state index contributed by atoms with van der Waals surface area (Å²) in [6.07, 6.45) is -1.72. The Labute approximate surface area is 127 Å². The zero-order valence-electron chi connectivity index (χ0n) is 10.4. The van der Waals surface area contributed by atoms with E-state index in [1.54, 1.807) is 6.08 Å². The predicted octanol–water partition coefficient (Wildman–Crippen LogP) is 5.07. The van der Waals surface area contributed by atoms with E-state index in [9.17, 15) is 18.0 Å². The summed E-state index contributed by atoms with van der Waals surface area (Å²) in [7, 11) is 0. The van der Waals surface area contributed by atoms with Crippen molar-refractivity contribution in [3.05, 3.63) is 57.3 Å². The molecule has 0 saturated heterocycles. The van der Waals surface area contributed by atoms with Crippen LogP contribution in [0.2, 0.25) is 5.02 Å². The number of alkyl halides is 3. The van der Waals surface area contributed by atoms with Crippen molar-refractivity contribution < 1.29 is 18.0 Å². The Morgan fingerprint density at radius 3 is 2.67 bits per heavy atom. The van der Waals surface area contributed by atoms with E-state index < -0.39 is 22.7 Å². The first-order valence-electron chi connectivity index (χ1n) is 5.75. The molecule has 7 heteroatoms. The van der Waals surface area contributed by atoms with E-state index in [4.69, 9.17) is 11.6 Å². The maximum atomic E-state index is 12.7. The maximum absolute atomic E-state index is 12.7. The molecule has 0 radical (unpaired) electrons. The lowest BCUT2D eigenvalue weighted by atomic mass is 10.2. The SMILES string of the molecule is O=C(/C=C/c1cccs1)Nc1ccc(Cl)c(C(F)(F)F)c1. The molecule has 1 N–H and O–H groups in total. The number of hydrogen-bond donors (Lipinski definition) is 1. The summed E-state index contributed by atoms with van der Waals surface area (Å²) < 4.78 is 38.1. The Hall–Kier alpha value is -1.79. The summed E-state index contributed by atoms with van der Waals surface area (Å²) in [5, 5.41) is 3.81. The number of hydrogen-bond acceptors (Lipinski definition) is 2. The molecule has 0 fully saturated rings. The van der Waals surface area contributed by atoms with Crippen molar-refractivity contribution in [2.75, 3.05) is 5.32 Å². The fourth-order valence-electron chi connectivity index (χ4n) is 1.55. The number of thiophene rings is 1. The number of anilines is 1. The molecule has 0 atom stereocenters. The molecular weight excluding hydrogens is 323 g/mol. The van der Waals surface area contributed by atoms with E-state index in [1.165, 1.54) is 23.5 Å². The summed E-state index contributed by atoms with van der Waals surface area (Å²) in [5.74, 6) is -0.515. The summed E-state index contributed by atoms with van der Waals surface area (Å²) in [6.45, 7) is 0. The molecule has 1 aromatic heterocycles. The lowest BCUT2D eigenvalue weighted by molar-refractivity contribution is -0.137. The molecule has 1 amide bonds. The highest BCUT2D eigenvalue weighted by molar-refractivity contribution is 7.10. The maximum Gasteiger partial charge on any atom is 0.417 e. The molecule has 2 rings (SSSR count). The molecule has 0 unspecified atom stereocenters. The van der Waals surface area contributed by atoms with Crippen LogP contribution in [-0.2, 0) is 11.0 Å². The quantitative estimate of drug-likeness (QED) is 0.781. The Morgan fingerprint density at radius 2 is 2.05 bits per heavy atom. The van der Waals surface area contributed by atoms with Gasteiger partial charge in [0.1, 0.15) is 0 Å². The van der Waals surface area contributed by atoms with Crippen LogP contribution in [0.25, 0.3) is 6.08 Å². The zero-order chi connectivity index (χ0) is 15.5. The molecule has 0 aliphatic carbocycles. The molecular formula is C14H9ClF3NOS. The molecule has 2 aromatic rings. The zero-order valence-corrected chi connectivity index (χ0v) is 12.0.